The van der Waals surface area contributed by atoms with Gasteiger partial charge in [0, 0.05) is 4.90 Å². The Morgan fingerprint density at radius 3 is 2.86 bits per heavy atom. The van der Waals surface area contributed by atoms with Crippen molar-refractivity contribution in [3.63, 3.8) is 0 Å². The fraction of sp³-hybridized carbons (Fsp3) is 0.533. The predicted octanol–water partition coefficient (Wildman–Crippen LogP) is 3.38. The SMILES string of the molecule is CCC(O)c1ccccc1Sc1nnnn1C1CCCC1. The van der Waals surface area contributed by atoms with Crippen LogP contribution in [0.1, 0.15) is 56.7 Å². The lowest BCUT2D eigenvalue weighted by Crippen LogP contribution is -2.08. The van der Waals surface area contributed by atoms with Crippen molar-refractivity contribution in [3.05, 3.63) is 29.8 Å². The zero-order valence-electron chi connectivity index (χ0n) is 12.1. The number of rotatable bonds is 5. The van der Waals surface area contributed by atoms with Crippen LogP contribution in [-0.2, 0) is 0 Å². The van der Waals surface area contributed by atoms with E-state index in [4.69, 9.17) is 0 Å². The van der Waals surface area contributed by atoms with Gasteiger partial charge in [-0.05, 0) is 53.1 Å². The van der Waals surface area contributed by atoms with Gasteiger partial charge in [0.05, 0.1) is 12.1 Å². The maximum atomic E-state index is 10.1. The number of aliphatic hydroxyl groups excluding tert-OH is 1. The van der Waals surface area contributed by atoms with Crippen molar-refractivity contribution in [1.29, 1.82) is 0 Å². The minimum Gasteiger partial charge on any atom is -0.388 e. The molecule has 1 N–H and O–H groups in total. The minimum atomic E-state index is -0.440. The van der Waals surface area contributed by atoms with E-state index in [9.17, 15) is 5.11 Å². The molecular formula is C15H20N4OS. The first-order chi connectivity index (χ1) is 10.3. The second-order valence-corrected chi connectivity index (χ2v) is 6.42. The molecule has 6 heteroatoms. The number of hydrogen-bond acceptors (Lipinski definition) is 5. The zero-order valence-corrected chi connectivity index (χ0v) is 13.0. The maximum Gasteiger partial charge on any atom is 0.214 e. The van der Waals surface area contributed by atoms with E-state index in [1.807, 2.05) is 35.9 Å². The van der Waals surface area contributed by atoms with Crippen molar-refractivity contribution < 1.29 is 5.11 Å². The first-order valence-electron chi connectivity index (χ1n) is 7.52. The van der Waals surface area contributed by atoms with Crippen molar-refractivity contribution >= 4 is 11.8 Å². The highest BCUT2D eigenvalue weighted by atomic mass is 32.2. The molecule has 3 rings (SSSR count). The van der Waals surface area contributed by atoms with Crippen molar-refractivity contribution in [2.45, 2.75) is 61.2 Å². The van der Waals surface area contributed by atoms with Crippen LogP contribution in [0.4, 0.5) is 0 Å². The summed E-state index contributed by atoms with van der Waals surface area (Å²) in [6.45, 7) is 1.98. The lowest BCUT2D eigenvalue weighted by atomic mass is 10.1. The van der Waals surface area contributed by atoms with Gasteiger partial charge in [-0.1, -0.05) is 38.0 Å². The Morgan fingerprint density at radius 2 is 2.10 bits per heavy atom. The van der Waals surface area contributed by atoms with E-state index < -0.39 is 6.10 Å². The molecule has 0 saturated heterocycles. The van der Waals surface area contributed by atoms with Gasteiger partial charge in [-0.2, -0.15) is 0 Å². The molecule has 0 radical (unpaired) electrons. The Kier molecular flexibility index (Phi) is 4.55. The van der Waals surface area contributed by atoms with Gasteiger partial charge < -0.3 is 5.11 Å². The van der Waals surface area contributed by atoms with E-state index in [2.05, 4.69) is 15.5 Å². The molecule has 1 heterocycles. The average molecular weight is 304 g/mol. The van der Waals surface area contributed by atoms with Crippen molar-refractivity contribution in [3.8, 4) is 0 Å². The minimum absolute atomic E-state index is 0.422. The molecule has 1 aromatic heterocycles. The van der Waals surface area contributed by atoms with Gasteiger partial charge >= 0.3 is 0 Å². The van der Waals surface area contributed by atoms with Crippen LogP contribution in [0.25, 0.3) is 0 Å². The Labute approximate surface area is 128 Å². The number of aliphatic hydroxyl groups is 1. The molecule has 1 aliphatic rings. The first kappa shape index (κ1) is 14.5. The van der Waals surface area contributed by atoms with Gasteiger partial charge in [-0.25, -0.2) is 4.68 Å². The second-order valence-electron chi connectivity index (χ2n) is 5.41. The van der Waals surface area contributed by atoms with Gasteiger partial charge in [-0.15, -0.1) is 5.10 Å². The summed E-state index contributed by atoms with van der Waals surface area (Å²) in [4.78, 5) is 1.03. The molecule has 0 amide bonds. The number of benzene rings is 1. The lowest BCUT2D eigenvalue weighted by molar-refractivity contribution is 0.171. The monoisotopic (exact) mass is 304 g/mol. The summed E-state index contributed by atoms with van der Waals surface area (Å²) in [5, 5.41) is 23.1. The van der Waals surface area contributed by atoms with Crippen LogP contribution >= 0.6 is 11.8 Å². The van der Waals surface area contributed by atoms with Crippen LogP contribution < -0.4 is 0 Å². The summed E-state index contributed by atoms with van der Waals surface area (Å²) in [5.41, 5.74) is 0.950. The van der Waals surface area contributed by atoms with Gasteiger partial charge in [0.25, 0.3) is 0 Å². The summed E-state index contributed by atoms with van der Waals surface area (Å²) >= 11 is 1.54. The van der Waals surface area contributed by atoms with Crippen LogP contribution in [-0.4, -0.2) is 25.3 Å². The largest absolute Gasteiger partial charge is 0.388 e. The highest BCUT2D eigenvalue weighted by Crippen LogP contribution is 2.36. The molecule has 0 spiro atoms. The predicted molar refractivity (Wildman–Crippen MR) is 81.1 cm³/mol. The Balaban J connectivity index is 1.86. The van der Waals surface area contributed by atoms with E-state index in [0.29, 0.717) is 12.5 Å². The van der Waals surface area contributed by atoms with Crippen LogP contribution in [0.15, 0.2) is 34.3 Å². The van der Waals surface area contributed by atoms with Crippen LogP contribution in [0.2, 0.25) is 0 Å². The van der Waals surface area contributed by atoms with E-state index in [-0.39, 0.29) is 0 Å². The normalized spacial score (nSPS) is 17.2. The van der Waals surface area contributed by atoms with Crippen molar-refractivity contribution in [1.82, 2.24) is 20.2 Å². The van der Waals surface area contributed by atoms with Crippen molar-refractivity contribution in [2.24, 2.45) is 0 Å². The van der Waals surface area contributed by atoms with E-state index >= 15 is 0 Å². The highest BCUT2D eigenvalue weighted by molar-refractivity contribution is 7.99. The van der Waals surface area contributed by atoms with Crippen LogP contribution in [0.5, 0.6) is 0 Å². The molecule has 0 bridgehead atoms. The summed E-state index contributed by atoms with van der Waals surface area (Å²) in [6.07, 6.45) is 5.06. The van der Waals surface area contributed by atoms with Gasteiger partial charge in [0.15, 0.2) is 0 Å². The van der Waals surface area contributed by atoms with Gasteiger partial charge in [0.1, 0.15) is 0 Å². The standard InChI is InChI=1S/C15H20N4OS/c1-2-13(20)12-9-5-6-10-14(12)21-15-16-17-18-19(15)11-7-3-4-8-11/h5-6,9-11,13,20H,2-4,7-8H2,1H3. The maximum absolute atomic E-state index is 10.1. The summed E-state index contributed by atoms with van der Waals surface area (Å²) < 4.78 is 1.95. The molecule has 1 aliphatic carbocycles. The Morgan fingerprint density at radius 1 is 1.33 bits per heavy atom. The van der Waals surface area contributed by atoms with Crippen molar-refractivity contribution in [2.75, 3.05) is 0 Å². The van der Waals surface area contributed by atoms with E-state index in [1.165, 1.54) is 12.8 Å². The quantitative estimate of drug-likeness (QED) is 0.917. The summed E-state index contributed by atoms with van der Waals surface area (Å²) in [7, 11) is 0. The third-order valence-corrected chi connectivity index (χ3v) is 5.04. The average Bonchev–Trinajstić information content (AvgIpc) is 3.17. The van der Waals surface area contributed by atoms with Crippen LogP contribution in [0, 0.1) is 0 Å². The molecule has 1 fully saturated rings. The Hall–Kier alpha value is -1.40. The van der Waals surface area contributed by atoms with E-state index in [0.717, 1.165) is 28.5 Å². The number of aromatic nitrogens is 4. The second kappa shape index (κ2) is 6.58. The number of nitrogens with zero attached hydrogens (tertiary/aromatic N) is 4. The number of tetrazole rings is 1. The summed E-state index contributed by atoms with van der Waals surface area (Å²) in [6, 6.07) is 8.36. The summed E-state index contributed by atoms with van der Waals surface area (Å²) in [5.74, 6) is 0. The molecule has 0 aliphatic heterocycles. The molecule has 112 valence electrons. The molecule has 2 aromatic rings. The molecular weight excluding hydrogens is 284 g/mol. The Bertz CT molecular complexity index is 595. The zero-order chi connectivity index (χ0) is 14.7. The van der Waals surface area contributed by atoms with Gasteiger partial charge in [-0.3, -0.25) is 0 Å². The highest BCUT2D eigenvalue weighted by Gasteiger charge is 2.22. The molecule has 5 nitrogen and oxygen atoms in total. The lowest BCUT2D eigenvalue weighted by Gasteiger charge is -2.14. The topological polar surface area (TPSA) is 63.8 Å². The van der Waals surface area contributed by atoms with E-state index in [1.54, 1.807) is 11.8 Å². The fourth-order valence-electron chi connectivity index (χ4n) is 2.80. The third-order valence-electron chi connectivity index (χ3n) is 4.00. The third kappa shape index (κ3) is 3.11. The fourth-order valence-corrected chi connectivity index (χ4v) is 3.82. The molecule has 1 unspecified atom stereocenters. The van der Waals surface area contributed by atoms with Gasteiger partial charge in [0.2, 0.25) is 5.16 Å². The smallest absolute Gasteiger partial charge is 0.214 e. The molecule has 21 heavy (non-hydrogen) atoms. The molecule has 1 atom stereocenters. The first-order valence-corrected chi connectivity index (χ1v) is 8.34. The molecule has 1 saturated carbocycles. The number of hydrogen-bond donors (Lipinski definition) is 1. The van der Waals surface area contributed by atoms with Crippen LogP contribution in [0.3, 0.4) is 0 Å². The molecule has 1 aromatic carbocycles.